The van der Waals surface area contributed by atoms with Gasteiger partial charge >= 0.3 is 0 Å². The van der Waals surface area contributed by atoms with E-state index in [0.29, 0.717) is 32.7 Å². The van der Waals surface area contributed by atoms with Crippen molar-refractivity contribution in [3.8, 4) is 0 Å². The second kappa shape index (κ2) is 12.9. The number of nitro benzene ring substituents is 1. The molecule has 1 aliphatic carbocycles. The Kier molecular flexibility index (Phi) is 9.96. The van der Waals surface area contributed by atoms with Gasteiger partial charge in [-0.2, -0.15) is 0 Å². The third-order valence-electron chi connectivity index (χ3n) is 6.92. The fourth-order valence-electron chi connectivity index (χ4n) is 4.93. The first-order valence-corrected chi connectivity index (χ1v) is 12.1. The third kappa shape index (κ3) is 7.44. The van der Waals surface area contributed by atoms with Crippen LogP contribution in [0.25, 0.3) is 0 Å². The largest absolute Gasteiger partial charge is 0.383 e. The number of amides is 2. The lowest BCUT2D eigenvalue weighted by molar-refractivity contribution is -0.384. The van der Waals surface area contributed by atoms with Crippen LogP contribution in [0.3, 0.4) is 0 Å². The number of ether oxygens (including phenoxy) is 2. The topological polar surface area (TPSA) is 140 Å². The zero-order chi connectivity index (χ0) is 25.4. The van der Waals surface area contributed by atoms with E-state index in [1.165, 1.54) is 19.2 Å². The molecule has 0 spiro atoms. The molecular formula is C24H37N5O6. The monoisotopic (exact) mass is 491 g/mol. The molecule has 0 bridgehead atoms. The molecule has 35 heavy (non-hydrogen) atoms. The van der Waals surface area contributed by atoms with Crippen molar-refractivity contribution < 1.29 is 24.0 Å². The zero-order valence-corrected chi connectivity index (χ0v) is 20.6. The van der Waals surface area contributed by atoms with Gasteiger partial charge in [0.2, 0.25) is 11.8 Å². The molecule has 2 amide bonds. The van der Waals surface area contributed by atoms with Gasteiger partial charge in [0.1, 0.15) is 12.6 Å². The molecule has 11 nitrogen and oxygen atoms in total. The van der Waals surface area contributed by atoms with E-state index in [-0.39, 0.29) is 42.2 Å². The molecule has 1 aliphatic heterocycles. The summed E-state index contributed by atoms with van der Waals surface area (Å²) in [6, 6.07) is 6.05. The lowest BCUT2D eigenvalue weighted by Gasteiger charge is -2.30. The number of methoxy groups -OCH3 is 2. The number of carbonyl (C=O) groups is 2. The van der Waals surface area contributed by atoms with Crippen LogP contribution in [0.1, 0.15) is 37.7 Å². The van der Waals surface area contributed by atoms with Gasteiger partial charge in [0.05, 0.1) is 11.5 Å². The number of rotatable bonds is 11. The summed E-state index contributed by atoms with van der Waals surface area (Å²) in [4.78, 5) is 40.5. The molecule has 11 heteroatoms. The number of nitrogens with zero attached hydrogens (tertiary/aromatic N) is 3. The van der Waals surface area contributed by atoms with Crippen LogP contribution in [0.4, 0.5) is 5.69 Å². The molecule has 2 fully saturated rings. The van der Waals surface area contributed by atoms with E-state index in [1.54, 1.807) is 24.1 Å². The lowest BCUT2D eigenvalue weighted by atomic mass is 9.91. The summed E-state index contributed by atoms with van der Waals surface area (Å²) < 4.78 is 10.4. The number of nitrogens with one attached hydrogen (secondary N) is 1. The maximum absolute atomic E-state index is 13.3. The lowest BCUT2D eigenvalue weighted by Crippen LogP contribution is -2.50. The maximum atomic E-state index is 13.3. The molecule has 1 heterocycles. The Morgan fingerprint density at radius 3 is 2.46 bits per heavy atom. The van der Waals surface area contributed by atoms with Gasteiger partial charge in [-0.15, -0.1) is 0 Å². The molecule has 0 aromatic heterocycles. The van der Waals surface area contributed by atoms with Crippen LogP contribution in [0.5, 0.6) is 0 Å². The Balaban J connectivity index is 1.73. The summed E-state index contributed by atoms with van der Waals surface area (Å²) in [6.07, 6.45) is 3.93. The molecule has 2 unspecified atom stereocenters. The van der Waals surface area contributed by atoms with Crippen LogP contribution in [-0.4, -0.2) is 91.2 Å². The number of non-ortho nitro benzene ring substituents is 1. The first-order valence-electron chi connectivity index (χ1n) is 12.1. The van der Waals surface area contributed by atoms with Crippen molar-refractivity contribution in [2.45, 2.75) is 62.8 Å². The summed E-state index contributed by atoms with van der Waals surface area (Å²) in [5, 5.41) is 14.1. The molecule has 194 valence electrons. The maximum Gasteiger partial charge on any atom is 0.269 e. The number of nitro groups is 1. The van der Waals surface area contributed by atoms with Crippen molar-refractivity contribution >= 4 is 17.5 Å². The van der Waals surface area contributed by atoms with Gasteiger partial charge in [0, 0.05) is 64.1 Å². The third-order valence-corrected chi connectivity index (χ3v) is 6.92. The minimum Gasteiger partial charge on any atom is -0.383 e. The van der Waals surface area contributed by atoms with Crippen molar-refractivity contribution in [1.82, 2.24) is 15.1 Å². The Labute approximate surface area is 206 Å². The number of benzene rings is 1. The van der Waals surface area contributed by atoms with E-state index < -0.39 is 11.0 Å². The standard InChI is InChI=1S/C24H37N5O6/c1-34-12-11-27(14-17-3-9-20(10-4-17)29(32)33)21-13-22(28(15-21)23(30)16-35-2)24(31)26-19-7-5-18(25)6-8-19/h3-4,9-10,18-19,21-22H,5-8,11-16,25H2,1-2H3,(H,26,31). The van der Waals surface area contributed by atoms with Crippen molar-refractivity contribution in [3.63, 3.8) is 0 Å². The molecule has 1 saturated heterocycles. The van der Waals surface area contributed by atoms with Crippen LogP contribution < -0.4 is 11.1 Å². The van der Waals surface area contributed by atoms with Crippen molar-refractivity contribution in [2.24, 2.45) is 5.73 Å². The molecule has 1 saturated carbocycles. The fourth-order valence-corrected chi connectivity index (χ4v) is 4.93. The van der Waals surface area contributed by atoms with Crippen LogP contribution in [0.15, 0.2) is 24.3 Å². The van der Waals surface area contributed by atoms with Crippen molar-refractivity contribution in [1.29, 1.82) is 0 Å². The highest BCUT2D eigenvalue weighted by molar-refractivity contribution is 5.89. The van der Waals surface area contributed by atoms with Crippen molar-refractivity contribution in [3.05, 3.63) is 39.9 Å². The Hall–Kier alpha value is -2.60. The van der Waals surface area contributed by atoms with E-state index in [1.807, 2.05) is 0 Å². The molecular weight excluding hydrogens is 454 g/mol. The smallest absolute Gasteiger partial charge is 0.269 e. The molecule has 3 rings (SSSR count). The highest BCUT2D eigenvalue weighted by atomic mass is 16.6. The summed E-state index contributed by atoms with van der Waals surface area (Å²) in [5.41, 5.74) is 6.94. The minimum absolute atomic E-state index is 0.0369. The average Bonchev–Trinajstić information content (AvgIpc) is 3.29. The predicted molar refractivity (Wildman–Crippen MR) is 130 cm³/mol. The van der Waals surface area contributed by atoms with Gasteiger partial charge in [0.25, 0.3) is 5.69 Å². The molecule has 1 aromatic rings. The Morgan fingerprint density at radius 1 is 1.17 bits per heavy atom. The normalized spacial score (nSPS) is 24.5. The van der Waals surface area contributed by atoms with Gasteiger partial charge in [-0.05, 0) is 37.7 Å². The molecule has 2 atom stereocenters. The zero-order valence-electron chi connectivity index (χ0n) is 20.6. The van der Waals surface area contributed by atoms with E-state index in [4.69, 9.17) is 15.2 Å². The molecule has 1 aromatic carbocycles. The highest BCUT2D eigenvalue weighted by Gasteiger charge is 2.42. The van der Waals surface area contributed by atoms with E-state index in [9.17, 15) is 19.7 Å². The second-order valence-corrected chi connectivity index (χ2v) is 9.39. The second-order valence-electron chi connectivity index (χ2n) is 9.39. The average molecular weight is 492 g/mol. The van der Waals surface area contributed by atoms with Crippen LogP contribution in [0, 0.1) is 10.1 Å². The number of carbonyl (C=O) groups excluding carboxylic acids is 2. The molecule has 0 radical (unpaired) electrons. The van der Waals surface area contributed by atoms with Gasteiger partial charge in [-0.3, -0.25) is 24.6 Å². The summed E-state index contributed by atoms with van der Waals surface area (Å²) >= 11 is 0. The fraction of sp³-hybridized carbons (Fsp3) is 0.667. The van der Waals surface area contributed by atoms with E-state index >= 15 is 0 Å². The van der Waals surface area contributed by atoms with Crippen LogP contribution in [-0.2, 0) is 25.6 Å². The Bertz CT molecular complexity index is 858. The van der Waals surface area contributed by atoms with Crippen LogP contribution in [0.2, 0.25) is 0 Å². The number of hydrogen-bond donors (Lipinski definition) is 2. The number of hydrogen-bond acceptors (Lipinski definition) is 8. The Morgan fingerprint density at radius 2 is 1.86 bits per heavy atom. The summed E-state index contributed by atoms with van der Waals surface area (Å²) in [6.45, 7) is 1.91. The summed E-state index contributed by atoms with van der Waals surface area (Å²) in [7, 11) is 3.09. The van der Waals surface area contributed by atoms with Gasteiger partial charge in [-0.1, -0.05) is 12.1 Å². The first kappa shape index (κ1) is 27.0. The summed E-state index contributed by atoms with van der Waals surface area (Å²) in [5.74, 6) is -0.359. The molecule has 3 N–H and O–H groups in total. The molecule has 2 aliphatic rings. The highest BCUT2D eigenvalue weighted by Crippen LogP contribution is 2.26. The predicted octanol–water partition coefficient (Wildman–Crippen LogP) is 1.05. The van der Waals surface area contributed by atoms with Crippen molar-refractivity contribution in [2.75, 3.05) is 40.5 Å². The van der Waals surface area contributed by atoms with Gasteiger partial charge in [-0.25, -0.2) is 0 Å². The minimum atomic E-state index is -0.583. The van der Waals surface area contributed by atoms with Crippen LogP contribution >= 0.6 is 0 Å². The van der Waals surface area contributed by atoms with Gasteiger partial charge in [0.15, 0.2) is 0 Å². The first-order chi connectivity index (χ1) is 16.8. The van der Waals surface area contributed by atoms with E-state index in [0.717, 1.165) is 31.2 Å². The quantitative estimate of drug-likeness (QED) is 0.346. The number of nitrogens with two attached hydrogens (primary N) is 1. The van der Waals surface area contributed by atoms with Gasteiger partial charge < -0.3 is 25.4 Å². The number of likely N-dealkylation sites (tertiary alicyclic amines) is 1. The van der Waals surface area contributed by atoms with E-state index in [2.05, 4.69) is 10.2 Å². The SMILES string of the molecule is COCCN(Cc1ccc([N+](=O)[O-])cc1)C1CC(C(=O)NC2CCC(N)CC2)N(C(=O)COC)C1.